The Balaban J connectivity index is 2.05. The number of benzene rings is 1. The van der Waals surface area contributed by atoms with E-state index in [0.717, 1.165) is 41.3 Å². The molecule has 1 fully saturated rings. The minimum absolute atomic E-state index is 0.127. The van der Waals surface area contributed by atoms with Crippen LogP contribution < -0.4 is 5.32 Å². The van der Waals surface area contributed by atoms with Crippen LogP contribution in [-0.4, -0.2) is 37.0 Å². The molecule has 0 aromatic heterocycles. The molecule has 2 rings (SSSR count). The average Bonchev–Trinajstić information content (AvgIpc) is 2.45. The van der Waals surface area contributed by atoms with Crippen molar-refractivity contribution in [3.63, 3.8) is 0 Å². The topological polar surface area (TPSA) is 32.3 Å². The van der Waals surface area contributed by atoms with Gasteiger partial charge >= 0.3 is 0 Å². The highest BCUT2D eigenvalue weighted by Crippen LogP contribution is 2.24. The van der Waals surface area contributed by atoms with Crippen LogP contribution in [0.1, 0.15) is 41.6 Å². The summed E-state index contributed by atoms with van der Waals surface area (Å²) in [5.74, 6) is 0.127. The van der Waals surface area contributed by atoms with Gasteiger partial charge in [0.1, 0.15) is 0 Å². The summed E-state index contributed by atoms with van der Waals surface area (Å²) in [5.41, 5.74) is 1.88. The van der Waals surface area contributed by atoms with Gasteiger partial charge in [0.15, 0.2) is 0 Å². The van der Waals surface area contributed by atoms with Gasteiger partial charge < -0.3 is 10.2 Å². The lowest BCUT2D eigenvalue weighted by Crippen LogP contribution is -2.42. The van der Waals surface area contributed by atoms with Crippen LogP contribution in [0.2, 0.25) is 0 Å². The van der Waals surface area contributed by atoms with E-state index in [9.17, 15) is 4.79 Å². The van der Waals surface area contributed by atoms with Crippen molar-refractivity contribution in [3.05, 3.63) is 33.8 Å². The summed E-state index contributed by atoms with van der Waals surface area (Å²) in [4.78, 5) is 14.5. The normalized spacial score (nSPS) is 22.6. The molecule has 0 saturated heterocycles. The highest BCUT2D eigenvalue weighted by molar-refractivity contribution is 9.10. The van der Waals surface area contributed by atoms with Gasteiger partial charge in [-0.3, -0.25) is 4.79 Å². The number of halogens is 1. The van der Waals surface area contributed by atoms with Crippen molar-refractivity contribution < 1.29 is 4.79 Å². The fourth-order valence-electron chi connectivity index (χ4n) is 2.98. The first-order chi connectivity index (χ1) is 9.51. The molecular weight excluding hydrogens is 316 g/mol. The van der Waals surface area contributed by atoms with Gasteiger partial charge in [-0.05, 0) is 63.4 Å². The minimum atomic E-state index is 0.127. The Morgan fingerprint density at radius 3 is 2.45 bits per heavy atom. The molecule has 0 radical (unpaired) electrons. The largest absolute Gasteiger partial charge is 0.339 e. The lowest BCUT2D eigenvalue weighted by atomic mass is 9.90. The SMILES string of the molecule is CNC1CCC(N(C)C(=O)c2cc(C)cc(Br)c2)CC1. The maximum Gasteiger partial charge on any atom is 0.253 e. The Kier molecular flexibility index (Phi) is 5.22. The van der Waals surface area contributed by atoms with E-state index in [1.54, 1.807) is 0 Å². The highest BCUT2D eigenvalue weighted by Gasteiger charge is 2.26. The number of rotatable bonds is 3. The van der Waals surface area contributed by atoms with E-state index in [-0.39, 0.29) is 5.91 Å². The molecule has 0 unspecified atom stereocenters. The second-order valence-electron chi connectivity index (χ2n) is 5.73. The lowest BCUT2D eigenvalue weighted by Gasteiger charge is -2.34. The number of hydrogen-bond acceptors (Lipinski definition) is 2. The molecule has 3 nitrogen and oxygen atoms in total. The van der Waals surface area contributed by atoms with Crippen LogP contribution >= 0.6 is 15.9 Å². The minimum Gasteiger partial charge on any atom is -0.339 e. The Morgan fingerprint density at radius 2 is 1.90 bits per heavy atom. The van der Waals surface area contributed by atoms with E-state index in [4.69, 9.17) is 0 Å². The Bertz CT molecular complexity index is 461. The number of nitrogens with one attached hydrogen (secondary N) is 1. The fraction of sp³-hybridized carbons (Fsp3) is 0.562. The number of hydrogen-bond donors (Lipinski definition) is 1. The third-order valence-corrected chi connectivity index (χ3v) is 4.72. The lowest BCUT2D eigenvalue weighted by molar-refractivity contribution is 0.0685. The van der Waals surface area contributed by atoms with E-state index >= 15 is 0 Å². The molecule has 1 aromatic carbocycles. The molecule has 1 aliphatic carbocycles. The van der Waals surface area contributed by atoms with Crippen LogP contribution in [0.3, 0.4) is 0 Å². The van der Waals surface area contributed by atoms with Crippen LogP contribution in [0, 0.1) is 6.92 Å². The predicted molar refractivity (Wildman–Crippen MR) is 86.1 cm³/mol. The van der Waals surface area contributed by atoms with Crippen LogP contribution in [0.15, 0.2) is 22.7 Å². The molecule has 4 heteroatoms. The molecule has 0 atom stereocenters. The number of carbonyl (C=O) groups excluding carboxylic acids is 1. The number of nitrogens with zero attached hydrogens (tertiary/aromatic N) is 1. The number of carbonyl (C=O) groups is 1. The van der Waals surface area contributed by atoms with Gasteiger partial charge in [0.05, 0.1) is 0 Å². The number of aryl methyl sites for hydroxylation is 1. The first kappa shape index (κ1) is 15.5. The zero-order valence-corrected chi connectivity index (χ0v) is 14.0. The van der Waals surface area contributed by atoms with Gasteiger partial charge in [-0.2, -0.15) is 0 Å². The first-order valence-electron chi connectivity index (χ1n) is 7.23. The van der Waals surface area contributed by atoms with Crippen LogP contribution in [0.5, 0.6) is 0 Å². The number of amides is 1. The molecule has 20 heavy (non-hydrogen) atoms. The van der Waals surface area contributed by atoms with E-state index in [0.29, 0.717) is 12.1 Å². The third-order valence-electron chi connectivity index (χ3n) is 4.26. The van der Waals surface area contributed by atoms with E-state index < -0.39 is 0 Å². The van der Waals surface area contributed by atoms with Gasteiger partial charge in [0.25, 0.3) is 5.91 Å². The average molecular weight is 339 g/mol. The second kappa shape index (κ2) is 6.72. The summed E-state index contributed by atoms with van der Waals surface area (Å²) in [6.07, 6.45) is 4.47. The molecule has 1 saturated carbocycles. The zero-order chi connectivity index (χ0) is 14.7. The van der Waals surface area contributed by atoms with Crippen LogP contribution in [-0.2, 0) is 0 Å². The van der Waals surface area contributed by atoms with Crippen molar-refractivity contribution in [2.45, 2.75) is 44.7 Å². The van der Waals surface area contributed by atoms with Gasteiger partial charge in [-0.1, -0.05) is 15.9 Å². The van der Waals surface area contributed by atoms with Gasteiger partial charge in [-0.25, -0.2) is 0 Å². The van der Waals surface area contributed by atoms with E-state index in [1.807, 2.05) is 44.1 Å². The van der Waals surface area contributed by atoms with E-state index in [2.05, 4.69) is 21.2 Å². The molecule has 1 aromatic rings. The monoisotopic (exact) mass is 338 g/mol. The second-order valence-corrected chi connectivity index (χ2v) is 6.64. The van der Waals surface area contributed by atoms with Crippen molar-refractivity contribution in [2.24, 2.45) is 0 Å². The molecule has 0 spiro atoms. The maximum atomic E-state index is 12.6. The predicted octanol–water partition coefficient (Wildman–Crippen LogP) is 3.36. The van der Waals surface area contributed by atoms with Gasteiger partial charge in [0.2, 0.25) is 0 Å². The van der Waals surface area contributed by atoms with Crippen molar-refractivity contribution in [1.29, 1.82) is 0 Å². The maximum absolute atomic E-state index is 12.6. The van der Waals surface area contributed by atoms with Crippen LogP contribution in [0.25, 0.3) is 0 Å². The summed E-state index contributed by atoms with van der Waals surface area (Å²) in [6.45, 7) is 2.01. The van der Waals surface area contributed by atoms with Gasteiger partial charge in [-0.15, -0.1) is 0 Å². The summed E-state index contributed by atoms with van der Waals surface area (Å²) >= 11 is 3.46. The highest BCUT2D eigenvalue weighted by atomic mass is 79.9. The van der Waals surface area contributed by atoms with Crippen molar-refractivity contribution in [2.75, 3.05) is 14.1 Å². The summed E-state index contributed by atoms with van der Waals surface area (Å²) in [6, 6.07) is 6.87. The van der Waals surface area contributed by atoms with Crippen molar-refractivity contribution >= 4 is 21.8 Å². The van der Waals surface area contributed by atoms with Crippen molar-refractivity contribution in [3.8, 4) is 0 Å². The Labute approximate surface area is 129 Å². The zero-order valence-electron chi connectivity index (χ0n) is 12.4. The standard InChI is InChI=1S/C16H23BrN2O/c1-11-8-12(10-13(17)9-11)16(20)19(3)15-6-4-14(18-2)5-7-15/h8-10,14-15,18H,4-7H2,1-3H3. The quantitative estimate of drug-likeness (QED) is 0.916. The molecular formula is C16H23BrN2O. The molecule has 110 valence electrons. The molecule has 1 N–H and O–H groups in total. The fourth-order valence-corrected chi connectivity index (χ4v) is 3.59. The first-order valence-corrected chi connectivity index (χ1v) is 8.02. The molecule has 0 bridgehead atoms. The summed E-state index contributed by atoms with van der Waals surface area (Å²) in [7, 11) is 3.95. The Hall–Kier alpha value is -0.870. The van der Waals surface area contributed by atoms with Gasteiger partial charge in [0, 0.05) is 29.2 Å². The van der Waals surface area contributed by atoms with Crippen LogP contribution in [0.4, 0.5) is 0 Å². The summed E-state index contributed by atoms with van der Waals surface area (Å²) < 4.78 is 0.966. The molecule has 0 aliphatic heterocycles. The molecule has 1 amide bonds. The molecule has 1 aliphatic rings. The third kappa shape index (κ3) is 3.61. The Morgan fingerprint density at radius 1 is 1.25 bits per heavy atom. The smallest absolute Gasteiger partial charge is 0.253 e. The molecule has 0 heterocycles. The van der Waals surface area contributed by atoms with E-state index in [1.165, 1.54) is 0 Å². The summed E-state index contributed by atoms with van der Waals surface area (Å²) in [5, 5.41) is 3.33. The van der Waals surface area contributed by atoms with Crippen molar-refractivity contribution in [1.82, 2.24) is 10.2 Å².